The van der Waals surface area contributed by atoms with Crippen molar-refractivity contribution in [3.63, 3.8) is 0 Å². The Balaban J connectivity index is 2.76. The molecule has 0 fully saturated rings. The normalized spacial score (nSPS) is 10.4. The first-order valence-corrected chi connectivity index (χ1v) is 4.75. The van der Waals surface area contributed by atoms with E-state index >= 15 is 0 Å². The van der Waals surface area contributed by atoms with E-state index in [0.717, 1.165) is 5.56 Å². The molecule has 0 bridgehead atoms. The second-order valence-corrected chi connectivity index (χ2v) is 3.64. The molecule has 1 nitrogen and oxygen atoms in total. The van der Waals surface area contributed by atoms with Gasteiger partial charge < -0.3 is 0 Å². The Hall–Kier alpha value is -1.63. The minimum atomic E-state index is 1.14. The summed E-state index contributed by atoms with van der Waals surface area (Å²) in [6.45, 7) is 8.03. The van der Waals surface area contributed by atoms with E-state index in [1.54, 1.807) is 0 Å². The van der Waals surface area contributed by atoms with Crippen molar-refractivity contribution in [2.75, 3.05) is 0 Å². The zero-order valence-corrected chi connectivity index (χ0v) is 8.62. The highest BCUT2D eigenvalue weighted by Gasteiger charge is 2.05. The van der Waals surface area contributed by atoms with Gasteiger partial charge in [0, 0.05) is 23.3 Å². The van der Waals surface area contributed by atoms with Crippen molar-refractivity contribution in [3.05, 3.63) is 53.9 Å². The highest BCUT2D eigenvalue weighted by atomic mass is 14.8. The highest BCUT2D eigenvalue weighted by molar-refractivity contribution is 5.50. The summed E-state index contributed by atoms with van der Waals surface area (Å²) in [5.41, 5.74) is 5.00. The smallest absolute Gasteiger partial charge is 0.166 e. The second kappa shape index (κ2) is 3.26. The number of rotatable bonds is 1. The first-order valence-electron chi connectivity index (χ1n) is 4.75. The van der Waals surface area contributed by atoms with Crippen molar-refractivity contribution in [1.82, 2.24) is 0 Å². The van der Waals surface area contributed by atoms with E-state index in [9.17, 15) is 0 Å². The summed E-state index contributed by atoms with van der Waals surface area (Å²) in [6, 6.07) is 6.39. The number of nitrogens with zero attached hydrogens (tertiary/aromatic N) is 1. The molecule has 0 aliphatic carbocycles. The van der Waals surface area contributed by atoms with Crippen molar-refractivity contribution in [1.29, 1.82) is 0 Å². The topological polar surface area (TPSA) is 4.10 Å². The average Bonchev–Trinajstić information content (AvgIpc) is 2.19. The van der Waals surface area contributed by atoms with Crippen molar-refractivity contribution in [3.8, 4) is 0 Å². The molecule has 0 unspecified atom stereocenters. The molecule has 0 aliphatic heterocycles. The maximum atomic E-state index is 3.76. The van der Waals surface area contributed by atoms with Crippen LogP contribution in [-0.2, 0) is 0 Å². The van der Waals surface area contributed by atoms with E-state index in [-0.39, 0.29) is 0 Å². The first kappa shape index (κ1) is 8.95. The fraction of sp³-hybridized carbons (Fsp3) is 0.154. The number of aromatic nitrogens is 1. The van der Waals surface area contributed by atoms with Gasteiger partial charge in [-0.1, -0.05) is 12.7 Å². The van der Waals surface area contributed by atoms with Gasteiger partial charge in [0.1, 0.15) is 0 Å². The molecule has 2 heterocycles. The lowest BCUT2D eigenvalue weighted by Crippen LogP contribution is -2.22. The Labute approximate surface area is 84.3 Å². The highest BCUT2D eigenvalue weighted by Crippen LogP contribution is 2.08. The molecule has 0 spiro atoms. The molecule has 1 heteroatoms. The second-order valence-electron chi connectivity index (χ2n) is 3.64. The molecule has 0 amide bonds. The van der Waals surface area contributed by atoms with Gasteiger partial charge in [0.15, 0.2) is 12.4 Å². The Kier molecular flexibility index (Phi) is 2.08. The zero-order valence-electron chi connectivity index (χ0n) is 8.62. The molecule has 2 aromatic heterocycles. The Morgan fingerprint density at radius 3 is 2.64 bits per heavy atom. The fourth-order valence-corrected chi connectivity index (χ4v) is 1.55. The van der Waals surface area contributed by atoms with Gasteiger partial charge in [-0.2, -0.15) is 4.40 Å². The SMILES string of the molecule is C=Cc1ccc2cc(C)c(C)c[n+]2c1. The minimum absolute atomic E-state index is 1.14. The number of hydrogen-bond donors (Lipinski definition) is 0. The van der Waals surface area contributed by atoms with Gasteiger partial charge in [-0.15, -0.1) is 0 Å². The summed E-state index contributed by atoms with van der Waals surface area (Å²) < 4.78 is 2.14. The van der Waals surface area contributed by atoms with Crippen molar-refractivity contribution >= 4 is 11.6 Å². The van der Waals surface area contributed by atoms with Crippen LogP contribution in [0.15, 0.2) is 37.2 Å². The van der Waals surface area contributed by atoms with Crippen LogP contribution in [0.1, 0.15) is 16.7 Å². The third-order valence-electron chi connectivity index (χ3n) is 2.59. The van der Waals surface area contributed by atoms with Gasteiger partial charge in [0.25, 0.3) is 0 Å². The van der Waals surface area contributed by atoms with Crippen LogP contribution in [0.25, 0.3) is 11.6 Å². The predicted molar refractivity (Wildman–Crippen MR) is 59.2 cm³/mol. The van der Waals surface area contributed by atoms with Gasteiger partial charge in [0.2, 0.25) is 5.52 Å². The summed E-state index contributed by atoms with van der Waals surface area (Å²) in [5.74, 6) is 0. The first-order chi connectivity index (χ1) is 6.70. The number of pyridine rings is 2. The molecule has 0 radical (unpaired) electrons. The van der Waals surface area contributed by atoms with Crippen LogP contribution >= 0.6 is 0 Å². The van der Waals surface area contributed by atoms with Gasteiger partial charge in [-0.3, -0.25) is 0 Å². The maximum absolute atomic E-state index is 3.76. The van der Waals surface area contributed by atoms with Gasteiger partial charge >= 0.3 is 0 Å². The lowest BCUT2D eigenvalue weighted by Gasteiger charge is -1.98. The van der Waals surface area contributed by atoms with E-state index in [0.29, 0.717) is 0 Å². The molecule has 0 atom stereocenters. The summed E-state index contributed by atoms with van der Waals surface area (Å²) in [7, 11) is 0. The van der Waals surface area contributed by atoms with Crippen molar-refractivity contribution < 1.29 is 4.40 Å². The fourth-order valence-electron chi connectivity index (χ4n) is 1.55. The lowest BCUT2D eigenvalue weighted by atomic mass is 10.1. The van der Waals surface area contributed by atoms with Crippen LogP contribution in [0.3, 0.4) is 0 Å². The van der Waals surface area contributed by atoms with E-state index in [4.69, 9.17) is 0 Å². The Morgan fingerprint density at radius 1 is 1.14 bits per heavy atom. The predicted octanol–water partition coefficient (Wildman–Crippen LogP) is 2.69. The molecule has 2 rings (SSSR count). The molecule has 0 saturated heterocycles. The minimum Gasteiger partial charge on any atom is -0.166 e. The summed E-state index contributed by atoms with van der Waals surface area (Å²) in [6.07, 6.45) is 6.11. The van der Waals surface area contributed by atoms with Crippen molar-refractivity contribution in [2.24, 2.45) is 0 Å². The quantitative estimate of drug-likeness (QED) is 0.600. The standard InChI is InChI=1S/C13H14N/c1-4-12-5-6-13-7-10(2)11(3)8-14(13)9-12/h4-9H,1H2,2-3H3/q+1. The summed E-state index contributed by atoms with van der Waals surface area (Å²) in [5, 5.41) is 0. The summed E-state index contributed by atoms with van der Waals surface area (Å²) in [4.78, 5) is 0. The molecular weight excluding hydrogens is 170 g/mol. The summed E-state index contributed by atoms with van der Waals surface area (Å²) >= 11 is 0. The molecule has 2 aromatic rings. The van der Waals surface area contributed by atoms with E-state index < -0.39 is 0 Å². The molecule has 0 saturated carbocycles. The number of fused-ring (bicyclic) bond motifs is 1. The maximum Gasteiger partial charge on any atom is 0.210 e. The van der Waals surface area contributed by atoms with Crippen LogP contribution < -0.4 is 4.40 Å². The number of aryl methyl sites for hydroxylation is 2. The van der Waals surface area contributed by atoms with Crippen LogP contribution in [0.4, 0.5) is 0 Å². The third-order valence-corrected chi connectivity index (χ3v) is 2.59. The van der Waals surface area contributed by atoms with Gasteiger partial charge in [0.05, 0.1) is 0 Å². The molecule has 0 aliphatic rings. The van der Waals surface area contributed by atoms with E-state index in [1.807, 2.05) is 6.08 Å². The van der Waals surface area contributed by atoms with Crippen LogP contribution in [0, 0.1) is 13.8 Å². The molecule has 70 valence electrons. The Bertz CT molecular complexity index is 498. The number of hydrogen-bond acceptors (Lipinski definition) is 0. The zero-order chi connectivity index (χ0) is 10.1. The molecule has 0 N–H and O–H groups in total. The van der Waals surface area contributed by atoms with Crippen LogP contribution in [0.5, 0.6) is 0 Å². The molecule has 14 heavy (non-hydrogen) atoms. The molecular formula is C13H14N+. The monoisotopic (exact) mass is 184 g/mol. The van der Waals surface area contributed by atoms with Gasteiger partial charge in [-0.05, 0) is 25.5 Å². The van der Waals surface area contributed by atoms with Crippen LogP contribution in [0.2, 0.25) is 0 Å². The van der Waals surface area contributed by atoms with Crippen LogP contribution in [-0.4, -0.2) is 0 Å². The van der Waals surface area contributed by atoms with E-state index in [1.165, 1.54) is 16.6 Å². The lowest BCUT2D eigenvalue weighted by molar-refractivity contribution is -0.512. The Morgan fingerprint density at radius 2 is 1.93 bits per heavy atom. The van der Waals surface area contributed by atoms with E-state index in [2.05, 4.69) is 55.4 Å². The van der Waals surface area contributed by atoms with Crippen molar-refractivity contribution in [2.45, 2.75) is 13.8 Å². The molecule has 0 aromatic carbocycles. The van der Waals surface area contributed by atoms with Gasteiger partial charge in [-0.25, -0.2) is 0 Å². The third kappa shape index (κ3) is 1.41. The average molecular weight is 184 g/mol. The largest absolute Gasteiger partial charge is 0.210 e.